The first-order valence-electron chi connectivity index (χ1n) is 9.86. The van der Waals surface area contributed by atoms with Gasteiger partial charge in [-0.15, -0.1) is 0 Å². The van der Waals surface area contributed by atoms with E-state index >= 15 is 0 Å². The molecule has 2 aromatic carbocycles. The van der Waals surface area contributed by atoms with Crippen LogP contribution < -0.4 is 15.5 Å². The molecule has 0 saturated carbocycles. The molecule has 0 bridgehead atoms. The number of rotatable bonds is 5. The van der Waals surface area contributed by atoms with Gasteiger partial charge in [-0.05, 0) is 50.1 Å². The number of hydrogen-bond acceptors (Lipinski definition) is 4. The van der Waals surface area contributed by atoms with E-state index in [1.807, 2.05) is 36.4 Å². The van der Waals surface area contributed by atoms with E-state index in [2.05, 4.69) is 15.5 Å². The number of urea groups is 1. The Hall–Kier alpha value is -3.02. The summed E-state index contributed by atoms with van der Waals surface area (Å²) < 4.78 is 5.11. The van der Waals surface area contributed by atoms with Crippen molar-refractivity contribution >= 4 is 29.1 Å². The van der Waals surface area contributed by atoms with Gasteiger partial charge in [0.15, 0.2) is 0 Å². The van der Waals surface area contributed by atoms with Crippen LogP contribution in [-0.2, 0) is 4.74 Å². The van der Waals surface area contributed by atoms with Crippen molar-refractivity contribution < 1.29 is 14.3 Å². The highest BCUT2D eigenvalue weighted by Crippen LogP contribution is 2.30. The standard InChI is InChI=1S/C22H27N3O3/c1-2-28-21(26)17-12-13-20(25-14-8-3-4-9-15-25)19(16-17)24-22(27)23-18-10-6-5-7-11-18/h5-7,10-13,16H,2-4,8-9,14-15H2,1H3,(H2,23,24,27). The van der Waals surface area contributed by atoms with Crippen molar-refractivity contribution in [2.75, 3.05) is 35.2 Å². The number of amides is 2. The van der Waals surface area contributed by atoms with Gasteiger partial charge in [-0.2, -0.15) is 0 Å². The lowest BCUT2D eigenvalue weighted by Crippen LogP contribution is -2.27. The summed E-state index contributed by atoms with van der Waals surface area (Å²) in [5.74, 6) is -0.392. The number of esters is 1. The van der Waals surface area contributed by atoms with E-state index in [-0.39, 0.29) is 6.03 Å². The second-order valence-electron chi connectivity index (χ2n) is 6.80. The van der Waals surface area contributed by atoms with Crippen LogP contribution in [0.2, 0.25) is 0 Å². The predicted molar refractivity (Wildman–Crippen MR) is 112 cm³/mol. The summed E-state index contributed by atoms with van der Waals surface area (Å²) in [4.78, 5) is 27.0. The average molecular weight is 381 g/mol. The van der Waals surface area contributed by atoms with Crippen LogP contribution in [0.4, 0.5) is 21.9 Å². The van der Waals surface area contributed by atoms with E-state index in [0.717, 1.165) is 31.6 Å². The summed E-state index contributed by atoms with van der Waals surface area (Å²) in [6.45, 7) is 3.96. The fourth-order valence-corrected chi connectivity index (χ4v) is 3.37. The predicted octanol–water partition coefficient (Wildman–Crippen LogP) is 4.89. The number of nitrogens with zero attached hydrogens (tertiary/aromatic N) is 1. The minimum absolute atomic E-state index is 0.309. The number of anilines is 3. The highest BCUT2D eigenvalue weighted by molar-refractivity contribution is 6.03. The molecule has 3 rings (SSSR count). The zero-order chi connectivity index (χ0) is 19.8. The Bertz CT molecular complexity index is 800. The van der Waals surface area contributed by atoms with Crippen molar-refractivity contribution in [2.24, 2.45) is 0 Å². The van der Waals surface area contributed by atoms with Crippen LogP contribution >= 0.6 is 0 Å². The van der Waals surface area contributed by atoms with Gasteiger partial charge in [0.1, 0.15) is 0 Å². The summed E-state index contributed by atoms with van der Waals surface area (Å²) in [7, 11) is 0. The first kappa shape index (κ1) is 19.7. The molecule has 0 aliphatic carbocycles. The van der Waals surface area contributed by atoms with E-state index in [1.165, 1.54) is 12.8 Å². The number of carbonyl (C=O) groups excluding carboxylic acids is 2. The fourth-order valence-electron chi connectivity index (χ4n) is 3.37. The molecule has 6 heteroatoms. The van der Waals surface area contributed by atoms with Crippen LogP contribution in [0.3, 0.4) is 0 Å². The van der Waals surface area contributed by atoms with Crippen molar-refractivity contribution in [3.63, 3.8) is 0 Å². The van der Waals surface area contributed by atoms with Gasteiger partial charge in [0, 0.05) is 18.8 Å². The number of nitrogens with one attached hydrogen (secondary N) is 2. The van der Waals surface area contributed by atoms with Crippen LogP contribution in [0.25, 0.3) is 0 Å². The van der Waals surface area contributed by atoms with Gasteiger partial charge in [0.2, 0.25) is 0 Å². The maximum Gasteiger partial charge on any atom is 0.338 e. The summed E-state index contributed by atoms with van der Waals surface area (Å²) in [6.07, 6.45) is 4.67. The van der Waals surface area contributed by atoms with E-state index in [0.29, 0.717) is 23.5 Å². The lowest BCUT2D eigenvalue weighted by molar-refractivity contribution is 0.0526. The molecule has 0 unspecified atom stereocenters. The lowest BCUT2D eigenvalue weighted by Gasteiger charge is -2.26. The van der Waals surface area contributed by atoms with Crippen LogP contribution in [0.15, 0.2) is 48.5 Å². The summed E-state index contributed by atoms with van der Waals surface area (Å²) >= 11 is 0. The smallest absolute Gasteiger partial charge is 0.338 e. The third-order valence-electron chi connectivity index (χ3n) is 4.73. The van der Waals surface area contributed by atoms with Gasteiger partial charge in [-0.25, -0.2) is 9.59 Å². The SMILES string of the molecule is CCOC(=O)c1ccc(N2CCCCCC2)c(NC(=O)Nc2ccccc2)c1. The fraction of sp³-hybridized carbons (Fsp3) is 0.364. The summed E-state index contributed by atoms with van der Waals surface area (Å²) in [5, 5.41) is 5.74. The van der Waals surface area contributed by atoms with Gasteiger partial charge >= 0.3 is 12.0 Å². The Morgan fingerprint density at radius 2 is 1.68 bits per heavy atom. The first-order chi connectivity index (χ1) is 13.7. The topological polar surface area (TPSA) is 70.7 Å². The molecule has 28 heavy (non-hydrogen) atoms. The quantitative estimate of drug-likeness (QED) is 0.724. The highest BCUT2D eigenvalue weighted by Gasteiger charge is 2.18. The van der Waals surface area contributed by atoms with Crippen LogP contribution in [0, 0.1) is 0 Å². The molecular formula is C22H27N3O3. The molecule has 1 aliphatic heterocycles. The van der Waals surface area contributed by atoms with Crippen molar-refractivity contribution in [3.8, 4) is 0 Å². The Kier molecular flexibility index (Phi) is 6.89. The first-order valence-corrected chi connectivity index (χ1v) is 9.86. The third-order valence-corrected chi connectivity index (χ3v) is 4.73. The Morgan fingerprint density at radius 1 is 0.964 bits per heavy atom. The van der Waals surface area contributed by atoms with E-state index in [4.69, 9.17) is 4.74 Å². The Morgan fingerprint density at radius 3 is 2.36 bits per heavy atom. The molecule has 1 heterocycles. The van der Waals surface area contributed by atoms with Gasteiger partial charge in [0.05, 0.1) is 23.5 Å². The molecule has 1 fully saturated rings. The Balaban J connectivity index is 1.84. The van der Waals surface area contributed by atoms with Crippen molar-refractivity contribution in [1.82, 2.24) is 0 Å². The van der Waals surface area contributed by atoms with Crippen molar-refractivity contribution in [3.05, 3.63) is 54.1 Å². The van der Waals surface area contributed by atoms with Gasteiger partial charge < -0.3 is 20.3 Å². The molecule has 2 aromatic rings. The molecule has 0 aromatic heterocycles. The van der Waals surface area contributed by atoms with Crippen molar-refractivity contribution in [1.29, 1.82) is 0 Å². The van der Waals surface area contributed by atoms with Crippen LogP contribution in [0.1, 0.15) is 43.0 Å². The Labute approximate surface area is 165 Å². The molecule has 1 aliphatic rings. The zero-order valence-electron chi connectivity index (χ0n) is 16.2. The molecule has 1 saturated heterocycles. The largest absolute Gasteiger partial charge is 0.462 e. The number of ether oxygens (including phenoxy) is 1. The molecular weight excluding hydrogens is 354 g/mol. The summed E-state index contributed by atoms with van der Waals surface area (Å²) in [5.41, 5.74) is 2.67. The molecule has 2 amide bonds. The van der Waals surface area contributed by atoms with E-state index < -0.39 is 5.97 Å². The number of carbonyl (C=O) groups is 2. The third kappa shape index (κ3) is 5.25. The van der Waals surface area contributed by atoms with E-state index in [9.17, 15) is 9.59 Å². The highest BCUT2D eigenvalue weighted by atomic mass is 16.5. The second kappa shape index (κ2) is 9.78. The van der Waals surface area contributed by atoms with Gasteiger partial charge in [-0.3, -0.25) is 0 Å². The number of benzene rings is 2. The number of para-hydroxylation sites is 1. The average Bonchev–Trinajstić information content (AvgIpc) is 2.98. The van der Waals surface area contributed by atoms with Gasteiger partial charge in [-0.1, -0.05) is 31.0 Å². The molecule has 148 valence electrons. The van der Waals surface area contributed by atoms with Gasteiger partial charge in [0.25, 0.3) is 0 Å². The molecule has 0 spiro atoms. The van der Waals surface area contributed by atoms with Crippen molar-refractivity contribution in [2.45, 2.75) is 32.6 Å². The second-order valence-corrected chi connectivity index (χ2v) is 6.80. The molecule has 2 N–H and O–H groups in total. The maximum absolute atomic E-state index is 12.5. The zero-order valence-corrected chi connectivity index (χ0v) is 16.2. The molecule has 6 nitrogen and oxygen atoms in total. The molecule has 0 atom stereocenters. The minimum atomic E-state index is -0.392. The van der Waals surface area contributed by atoms with Crippen LogP contribution in [0.5, 0.6) is 0 Å². The minimum Gasteiger partial charge on any atom is -0.462 e. The molecule has 0 radical (unpaired) electrons. The van der Waals surface area contributed by atoms with Crippen LogP contribution in [-0.4, -0.2) is 31.7 Å². The lowest BCUT2D eigenvalue weighted by atomic mass is 10.1. The van der Waals surface area contributed by atoms with E-state index in [1.54, 1.807) is 19.1 Å². The number of hydrogen-bond donors (Lipinski definition) is 2. The monoisotopic (exact) mass is 381 g/mol. The maximum atomic E-state index is 12.5. The normalized spacial score (nSPS) is 14.1. The summed E-state index contributed by atoms with van der Waals surface area (Å²) in [6, 6.07) is 14.3.